The molecular formula is C17H21NO2. The van der Waals surface area contributed by atoms with E-state index >= 15 is 0 Å². The summed E-state index contributed by atoms with van der Waals surface area (Å²) in [7, 11) is 0. The maximum atomic E-state index is 10.7. The van der Waals surface area contributed by atoms with Gasteiger partial charge in [-0.15, -0.1) is 0 Å². The molecule has 0 amide bonds. The molecule has 0 aromatic heterocycles. The van der Waals surface area contributed by atoms with Gasteiger partial charge in [0.1, 0.15) is 0 Å². The fourth-order valence-corrected chi connectivity index (χ4v) is 2.00. The highest BCUT2D eigenvalue weighted by Gasteiger charge is 2.27. The van der Waals surface area contributed by atoms with E-state index in [0.717, 1.165) is 12.2 Å². The average molecular weight is 271 g/mol. The molecule has 1 fully saturated rings. The lowest BCUT2D eigenvalue weighted by atomic mass is 10.1. The van der Waals surface area contributed by atoms with Gasteiger partial charge in [0.25, 0.3) is 0 Å². The molecule has 1 aliphatic rings. The summed E-state index contributed by atoms with van der Waals surface area (Å²) in [5.74, 6) is -0.960. The van der Waals surface area contributed by atoms with Crippen LogP contribution in [-0.4, -0.2) is 29.1 Å². The summed E-state index contributed by atoms with van der Waals surface area (Å²) in [5, 5.41) is 8.82. The zero-order chi connectivity index (χ0) is 14.8. The molecule has 0 aliphatic carbocycles. The molecule has 1 unspecified atom stereocenters. The third kappa shape index (κ3) is 5.14. The number of rotatable bonds is 4. The Bertz CT molecular complexity index is 438. The van der Waals surface area contributed by atoms with E-state index in [1.165, 1.54) is 0 Å². The number of likely N-dealkylation sites (tertiary alicyclic amines) is 1. The first-order chi connectivity index (χ1) is 9.69. The van der Waals surface area contributed by atoms with Gasteiger partial charge < -0.3 is 10.0 Å². The van der Waals surface area contributed by atoms with Crippen LogP contribution >= 0.6 is 0 Å². The predicted octanol–water partition coefficient (Wildman–Crippen LogP) is 3.34. The molecule has 1 heterocycles. The number of allylic oxidation sites excluding steroid dienone is 3. The summed E-state index contributed by atoms with van der Waals surface area (Å²) in [5.41, 5.74) is 0.948. The minimum absolute atomic E-state index is 0.247. The predicted molar refractivity (Wildman–Crippen MR) is 82.2 cm³/mol. The largest absolute Gasteiger partial charge is 0.481 e. The number of nitrogens with zero attached hydrogens (tertiary/aromatic N) is 1. The number of hydrogen-bond acceptors (Lipinski definition) is 2. The van der Waals surface area contributed by atoms with E-state index in [9.17, 15) is 4.79 Å². The lowest BCUT2D eigenvalue weighted by Crippen LogP contribution is -2.21. The highest BCUT2D eigenvalue weighted by molar-refractivity contribution is 5.70. The van der Waals surface area contributed by atoms with E-state index < -0.39 is 5.97 Å². The highest BCUT2D eigenvalue weighted by atomic mass is 16.4. The van der Waals surface area contributed by atoms with Crippen molar-refractivity contribution in [3.05, 3.63) is 73.5 Å². The molecule has 1 N–H and O–H groups in total. The lowest BCUT2D eigenvalue weighted by molar-refractivity contribution is -0.141. The van der Waals surface area contributed by atoms with Crippen molar-refractivity contribution in [3.63, 3.8) is 0 Å². The van der Waals surface area contributed by atoms with E-state index in [1.54, 1.807) is 12.2 Å². The van der Waals surface area contributed by atoms with E-state index in [4.69, 9.17) is 5.11 Å². The van der Waals surface area contributed by atoms with Crippen molar-refractivity contribution in [1.82, 2.24) is 4.90 Å². The number of carbonyl (C=O) groups is 1. The Morgan fingerprint density at radius 2 is 1.70 bits per heavy atom. The van der Waals surface area contributed by atoms with Crippen LogP contribution in [0, 0.1) is 5.92 Å². The van der Waals surface area contributed by atoms with E-state index in [-0.39, 0.29) is 5.92 Å². The molecule has 0 spiro atoms. The quantitative estimate of drug-likeness (QED) is 0.854. The smallest absolute Gasteiger partial charge is 0.308 e. The van der Waals surface area contributed by atoms with Gasteiger partial charge >= 0.3 is 5.97 Å². The standard InChI is InChI=1S/C11H15NO2.C6H6/c1-3-5-10(4-2)12-7-6-9(8-12)11(13)14;1-2-4-6-5-3-1/h3-5,9H,1-2,6-8H2,(H,13,14);1-6H/b10-5+;. The summed E-state index contributed by atoms with van der Waals surface area (Å²) in [6.07, 6.45) is 5.96. The van der Waals surface area contributed by atoms with Crippen LogP contribution in [0.25, 0.3) is 0 Å². The minimum atomic E-state index is -0.713. The third-order valence-electron chi connectivity index (χ3n) is 3.07. The minimum Gasteiger partial charge on any atom is -0.481 e. The van der Waals surface area contributed by atoms with Gasteiger partial charge in [-0.2, -0.15) is 0 Å². The molecule has 1 atom stereocenters. The molecular weight excluding hydrogens is 250 g/mol. The topological polar surface area (TPSA) is 40.5 Å². The van der Waals surface area contributed by atoms with Gasteiger partial charge in [-0.25, -0.2) is 0 Å². The molecule has 0 bridgehead atoms. The third-order valence-corrected chi connectivity index (χ3v) is 3.07. The van der Waals surface area contributed by atoms with Crippen molar-refractivity contribution >= 4 is 5.97 Å². The fraction of sp³-hybridized carbons (Fsp3) is 0.235. The van der Waals surface area contributed by atoms with Crippen molar-refractivity contribution in [2.24, 2.45) is 5.92 Å². The van der Waals surface area contributed by atoms with Crippen LogP contribution in [-0.2, 0) is 4.79 Å². The van der Waals surface area contributed by atoms with Gasteiger partial charge in [0.15, 0.2) is 0 Å². The van der Waals surface area contributed by atoms with E-state index in [0.29, 0.717) is 13.0 Å². The normalized spacial score (nSPS) is 17.9. The van der Waals surface area contributed by atoms with Gasteiger partial charge in [0.05, 0.1) is 5.92 Å². The Balaban J connectivity index is 0.000000276. The molecule has 1 aromatic rings. The zero-order valence-electron chi connectivity index (χ0n) is 11.6. The highest BCUT2D eigenvalue weighted by Crippen LogP contribution is 2.21. The van der Waals surface area contributed by atoms with Crippen LogP contribution in [0.4, 0.5) is 0 Å². The maximum absolute atomic E-state index is 10.7. The van der Waals surface area contributed by atoms with E-state index in [1.807, 2.05) is 47.4 Å². The van der Waals surface area contributed by atoms with E-state index in [2.05, 4.69) is 13.2 Å². The molecule has 3 nitrogen and oxygen atoms in total. The van der Waals surface area contributed by atoms with Crippen molar-refractivity contribution in [1.29, 1.82) is 0 Å². The number of aliphatic carboxylic acids is 1. The van der Waals surface area contributed by atoms with Crippen LogP contribution in [0.3, 0.4) is 0 Å². The summed E-state index contributed by atoms with van der Waals surface area (Å²) < 4.78 is 0. The Kier molecular flexibility index (Phi) is 6.90. The van der Waals surface area contributed by atoms with Crippen LogP contribution in [0.5, 0.6) is 0 Å². The first-order valence-corrected chi connectivity index (χ1v) is 6.62. The van der Waals surface area contributed by atoms with Crippen LogP contribution in [0.1, 0.15) is 6.42 Å². The molecule has 1 aromatic carbocycles. The van der Waals surface area contributed by atoms with Crippen LogP contribution in [0.2, 0.25) is 0 Å². The zero-order valence-corrected chi connectivity index (χ0v) is 11.6. The summed E-state index contributed by atoms with van der Waals surface area (Å²) >= 11 is 0. The first kappa shape index (κ1) is 15.8. The number of benzene rings is 1. The second-order valence-corrected chi connectivity index (χ2v) is 4.46. The Morgan fingerprint density at radius 1 is 1.15 bits per heavy atom. The molecule has 1 saturated heterocycles. The van der Waals surface area contributed by atoms with Gasteiger partial charge in [-0.05, 0) is 18.6 Å². The number of carboxylic acids is 1. The molecule has 3 heteroatoms. The van der Waals surface area contributed by atoms with Gasteiger partial charge in [0.2, 0.25) is 0 Å². The monoisotopic (exact) mass is 271 g/mol. The fourth-order valence-electron chi connectivity index (χ4n) is 2.00. The first-order valence-electron chi connectivity index (χ1n) is 6.62. The summed E-state index contributed by atoms with van der Waals surface area (Å²) in [6.45, 7) is 8.65. The van der Waals surface area contributed by atoms with Crippen molar-refractivity contribution in [2.75, 3.05) is 13.1 Å². The SMILES string of the molecule is C=C/C=C(\C=C)N1CCC(C(=O)O)C1.c1ccccc1. The second-order valence-electron chi connectivity index (χ2n) is 4.46. The van der Waals surface area contributed by atoms with Crippen LogP contribution in [0.15, 0.2) is 73.5 Å². The Labute approximate surface area is 120 Å². The number of carboxylic acid groups (broad SMARTS) is 1. The number of hydrogen-bond donors (Lipinski definition) is 1. The average Bonchev–Trinajstić information content (AvgIpc) is 2.97. The van der Waals surface area contributed by atoms with Crippen molar-refractivity contribution < 1.29 is 9.90 Å². The Hall–Kier alpha value is -2.29. The van der Waals surface area contributed by atoms with Gasteiger partial charge in [0, 0.05) is 18.8 Å². The molecule has 2 rings (SSSR count). The second kappa shape index (κ2) is 8.75. The molecule has 0 radical (unpaired) electrons. The molecule has 1 aliphatic heterocycles. The Morgan fingerprint density at radius 3 is 2.05 bits per heavy atom. The summed E-state index contributed by atoms with van der Waals surface area (Å²) in [4.78, 5) is 12.7. The van der Waals surface area contributed by atoms with Gasteiger partial charge in [-0.3, -0.25) is 4.79 Å². The van der Waals surface area contributed by atoms with Crippen molar-refractivity contribution in [3.8, 4) is 0 Å². The molecule has 0 saturated carbocycles. The van der Waals surface area contributed by atoms with Crippen LogP contribution < -0.4 is 0 Å². The van der Waals surface area contributed by atoms with Gasteiger partial charge in [-0.1, -0.05) is 55.6 Å². The lowest BCUT2D eigenvalue weighted by Gasteiger charge is -2.18. The van der Waals surface area contributed by atoms with Crippen molar-refractivity contribution in [2.45, 2.75) is 6.42 Å². The molecule has 20 heavy (non-hydrogen) atoms. The summed E-state index contributed by atoms with van der Waals surface area (Å²) in [6, 6.07) is 12.0. The maximum Gasteiger partial charge on any atom is 0.308 e. The molecule has 106 valence electrons.